The first kappa shape index (κ1) is 11.5. The Morgan fingerprint density at radius 1 is 1.80 bits per heavy atom. The summed E-state index contributed by atoms with van der Waals surface area (Å²) in [5, 5.41) is 12.8. The van der Waals surface area contributed by atoms with Crippen LogP contribution in [0.1, 0.15) is 20.3 Å². The first-order chi connectivity index (χ1) is 7.04. The van der Waals surface area contributed by atoms with E-state index in [4.69, 9.17) is 10.8 Å². The average molecular weight is 212 g/mol. The van der Waals surface area contributed by atoms with Crippen LogP contribution in [0.3, 0.4) is 0 Å². The topological polar surface area (TPSA) is 96.4 Å². The summed E-state index contributed by atoms with van der Waals surface area (Å²) in [5.74, 6) is 0.0891. The third-order valence-corrected chi connectivity index (χ3v) is 2.35. The fourth-order valence-electron chi connectivity index (χ4n) is 1.03. The molecular formula is C9H16N4O2. The first-order valence-corrected chi connectivity index (χ1v) is 4.85. The van der Waals surface area contributed by atoms with Crippen LogP contribution >= 0.6 is 0 Å². The Morgan fingerprint density at radius 2 is 2.47 bits per heavy atom. The van der Waals surface area contributed by atoms with E-state index < -0.39 is 5.69 Å². The van der Waals surface area contributed by atoms with Gasteiger partial charge in [-0.1, -0.05) is 20.3 Å². The summed E-state index contributed by atoms with van der Waals surface area (Å²) in [6.07, 6.45) is 3.64. The lowest BCUT2D eigenvalue weighted by atomic mass is 10.0. The highest BCUT2D eigenvalue weighted by atomic mass is 16.3. The lowest BCUT2D eigenvalue weighted by molar-refractivity contribution is 0.455. The molecule has 0 saturated heterocycles. The molecule has 0 spiro atoms. The van der Waals surface area contributed by atoms with Crippen LogP contribution in [0.2, 0.25) is 0 Å². The maximum absolute atomic E-state index is 11.1. The quantitative estimate of drug-likeness (QED) is 0.617. The Hall–Kier alpha value is -1.56. The van der Waals surface area contributed by atoms with Crippen LogP contribution in [-0.4, -0.2) is 27.0 Å². The van der Waals surface area contributed by atoms with Crippen molar-refractivity contribution in [3.8, 4) is 5.88 Å². The van der Waals surface area contributed by atoms with Gasteiger partial charge in [0, 0.05) is 12.3 Å². The molecule has 0 radical (unpaired) electrons. The van der Waals surface area contributed by atoms with Gasteiger partial charge in [0.15, 0.2) is 0 Å². The number of aromatic amines is 1. The summed E-state index contributed by atoms with van der Waals surface area (Å²) < 4.78 is 1.01. The van der Waals surface area contributed by atoms with Gasteiger partial charge in [0.2, 0.25) is 5.88 Å². The molecule has 15 heavy (non-hydrogen) atoms. The predicted molar refractivity (Wildman–Crippen MR) is 58.0 cm³/mol. The van der Waals surface area contributed by atoms with Gasteiger partial charge in [-0.15, -0.1) is 0 Å². The molecule has 0 aromatic carbocycles. The molecular weight excluding hydrogens is 196 g/mol. The Labute approximate surface area is 87.4 Å². The Morgan fingerprint density at radius 3 is 2.93 bits per heavy atom. The number of hydrogen-bond acceptors (Lipinski definition) is 4. The second-order valence-electron chi connectivity index (χ2n) is 3.52. The van der Waals surface area contributed by atoms with Crippen molar-refractivity contribution in [2.24, 2.45) is 16.8 Å². The summed E-state index contributed by atoms with van der Waals surface area (Å²) in [6.45, 7) is 4.04. The number of rotatable bonds is 4. The summed E-state index contributed by atoms with van der Waals surface area (Å²) >= 11 is 0. The highest BCUT2D eigenvalue weighted by molar-refractivity contribution is 5.64. The van der Waals surface area contributed by atoms with E-state index in [1.165, 1.54) is 12.4 Å². The molecule has 0 saturated carbocycles. The van der Waals surface area contributed by atoms with Crippen LogP contribution in [0.5, 0.6) is 5.88 Å². The van der Waals surface area contributed by atoms with Crippen LogP contribution in [-0.2, 0) is 0 Å². The van der Waals surface area contributed by atoms with Crippen molar-refractivity contribution < 1.29 is 5.11 Å². The van der Waals surface area contributed by atoms with Crippen LogP contribution in [0, 0.1) is 5.92 Å². The zero-order chi connectivity index (χ0) is 11.4. The van der Waals surface area contributed by atoms with Gasteiger partial charge < -0.3 is 10.8 Å². The fourth-order valence-corrected chi connectivity index (χ4v) is 1.03. The smallest absolute Gasteiger partial charge is 0.349 e. The number of H-pyrrole nitrogens is 1. The molecule has 1 aromatic heterocycles. The van der Waals surface area contributed by atoms with Gasteiger partial charge in [-0.2, -0.15) is 9.78 Å². The van der Waals surface area contributed by atoms with Gasteiger partial charge in [-0.05, 0) is 5.92 Å². The molecule has 0 bridgehead atoms. The van der Waals surface area contributed by atoms with Crippen LogP contribution in [0.15, 0.2) is 16.1 Å². The van der Waals surface area contributed by atoms with E-state index >= 15 is 0 Å². The Balaban J connectivity index is 2.73. The van der Waals surface area contributed by atoms with Crippen molar-refractivity contribution >= 4 is 6.21 Å². The number of nitrogens with zero attached hydrogens (tertiary/aromatic N) is 2. The lowest BCUT2D eigenvalue weighted by Gasteiger charge is -2.12. The number of imidazole rings is 1. The standard InChI is InChI=1S/C9H16N4O2/c1-3-6(2)7(10)4-11-13-5-8(14)12-9(13)15/h4-7,14H,3,10H2,1-2H3,(H,12,15)/t6-,7+/m0/s1. The highest BCUT2D eigenvalue weighted by Gasteiger charge is 2.07. The molecule has 4 N–H and O–H groups in total. The third kappa shape index (κ3) is 2.95. The minimum atomic E-state index is -0.486. The second kappa shape index (κ2) is 4.79. The molecule has 84 valence electrons. The molecule has 6 heteroatoms. The van der Waals surface area contributed by atoms with Crippen molar-refractivity contribution in [3.05, 3.63) is 16.7 Å². The van der Waals surface area contributed by atoms with Crippen LogP contribution in [0.4, 0.5) is 0 Å². The summed E-state index contributed by atoms with van der Waals surface area (Å²) in [7, 11) is 0. The molecule has 0 fully saturated rings. The average Bonchev–Trinajstić information content (AvgIpc) is 2.52. The van der Waals surface area contributed by atoms with E-state index in [-0.39, 0.29) is 11.9 Å². The fraction of sp³-hybridized carbons (Fsp3) is 0.556. The molecule has 0 aliphatic carbocycles. The normalized spacial score (nSPS) is 15.7. The third-order valence-electron chi connectivity index (χ3n) is 2.35. The molecule has 2 atom stereocenters. The van der Waals surface area contributed by atoms with Crippen molar-refractivity contribution in [2.45, 2.75) is 26.3 Å². The SMILES string of the molecule is CC[C@H](C)[C@H](N)C=Nn1cc(O)[nH]c1=O. The zero-order valence-electron chi connectivity index (χ0n) is 8.84. The minimum absolute atomic E-state index is 0.195. The number of nitrogens with one attached hydrogen (secondary N) is 1. The van der Waals surface area contributed by atoms with E-state index in [1.54, 1.807) is 0 Å². The van der Waals surface area contributed by atoms with Gasteiger partial charge in [0.05, 0.1) is 6.20 Å². The van der Waals surface area contributed by atoms with Gasteiger partial charge in [0.1, 0.15) is 0 Å². The van der Waals surface area contributed by atoms with Crippen LogP contribution in [0.25, 0.3) is 0 Å². The predicted octanol–water partition coefficient (Wildman–Crippen LogP) is 0.0893. The molecule has 0 amide bonds. The summed E-state index contributed by atoms with van der Waals surface area (Å²) in [4.78, 5) is 13.3. The molecule has 1 aromatic rings. The number of nitrogens with two attached hydrogens (primary N) is 1. The van der Waals surface area contributed by atoms with Gasteiger partial charge in [0.25, 0.3) is 0 Å². The summed E-state index contributed by atoms with van der Waals surface area (Å²) in [5.41, 5.74) is 5.31. The van der Waals surface area contributed by atoms with Crippen molar-refractivity contribution in [2.75, 3.05) is 0 Å². The molecule has 1 heterocycles. The van der Waals surface area contributed by atoms with E-state index in [0.29, 0.717) is 5.92 Å². The largest absolute Gasteiger partial charge is 0.493 e. The van der Waals surface area contributed by atoms with Crippen molar-refractivity contribution in [1.29, 1.82) is 0 Å². The maximum atomic E-state index is 11.1. The van der Waals surface area contributed by atoms with E-state index in [9.17, 15) is 4.79 Å². The molecule has 6 nitrogen and oxygen atoms in total. The number of aromatic nitrogens is 2. The minimum Gasteiger partial charge on any atom is -0.493 e. The van der Waals surface area contributed by atoms with Crippen molar-refractivity contribution in [1.82, 2.24) is 9.66 Å². The van der Waals surface area contributed by atoms with E-state index in [1.807, 2.05) is 13.8 Å². The second-order valence-corrected chi connectivity index (χ2v) is 3.52. The van der Waals surface area contributed by atoms with E-state index in [2.05, 4.69) is 10.1 Å². The maximum Gasteiger partial charge on any atom is 0.349 e. The number of aromatic hydroxyl groups is 1. The van der Waals surface area contributed by atoms with E-state index in [0.717, 1.165) is 11.1 Å². The number of hydrogen-bond donors (Lipinski definition) is 3. The lowest BCUT2D eigenvalue weighted by Crippen LogP contribution is -2.30. The zero-order valence-corrected chi connectivity index (χ0v) is 8.84. The monoisotopic (exact) mass is 212 g/mol. The van der Waals surface area contributed by atoms with Crippen molar-refractivity contribution in [3.63, 3.8) is 0 Å². The Kier molecular flexibility index (Phi) is 3.68. The molecule has 0 aliphatic rings. The van der Waals surface area contributed by atoms with Gasteiger partial charge in [-0.3, -0.25) is 4.98 Å². The van der Waals surface area contributed by atoms with Crippen LogP contribution < -0.4 is 11.4 Å². The van der Waals surface area contributed by atoms with Gasteiger partial charge >= 0.3 is 5.69 Å². The highest BCUT2D eigenvalue weighted by Crippen LogP contribution is 2.03. The molecule has 0 aliphatic heterocycles. The molecule has 0 unspecified atom stereocenters. The Bertz CT molecular complexity index is 393. The first-order valence-electron chi connectivity index (χ1n) is 4.85. The molecule has 1 rings (SSSR count). The van der Waals surface area contributed by atoms with Gasteiger partial charge in [-0.25, -0.2) is 4.79 Å². The summed E-state index contributed by atoms with van der Waals surface area (Å²) in [6, 6.07) is -0.195.